The standard InChI is InChI=1S/C21H32S2/c1-20(2,3)13-6-7-14(12-13)21(4,5)17-18-15(8-10-22-18)16-9-11-23-19(16)17/h8-11,13-19H,6-7,12H2,1-5H3/t13-,14?,15+,16?,17?,18?,19?/m1/s1. The summed E-state index contributed by atoms with van der Waals surface area (Å²) in [6.45, 7) is 12.6. The summed E-state index contributed by atoms with van der Waals surface area (Å²) in [5.74, 6) is 4.31. The lowest BCUT2D eigenvalue weighted by Crippen LogP contribution is -2.40. The molecule has 0 aromatic carbocycles. The van der Waals surface area contributed by atoms with Gasteiger partial charge >= 0.3 is 0 Å². The van der Waals surface area contributed by atoms with Gasteiger partial charge in [-0.15, -0.1) is 23.5 Å². The molecule has 2 aliphatic heterocycles. The highest BCUT2D eigenvalue weighted by Crippen LogP contribution is 2.64. The summed E-state index contributed by atoms with van der Waals surface area (Å²) in [5, 5.41) is 6.48. The third kappa shape index (κ3) is 2.58. The third-order valence-electron chi connectivity index (χ3n) is 7.55. The van der Waals surface area contributed by atoms with Gasteiger partial charge in [-0.05, 0) is 70.5 Å². The van der Waals surface area contributed by atoms with Crippen LogP contribution in [0.3, 0.4) is 0 Å². The van der Waals surface area contributed by atoms with Crippen molar-refractivity contribution in [1.29, 1.82) is 0 Å². The Morgan fingerprint density at radius 1 is 0.783 bits per heavy atom. The fourth-order valence-electron chi connectivity index (χ4n) is 5.95. The van der Waals surface area contributed by atoms with Crippen molar-refractivity contribution in [2.24, 2.45) is 40.4 Å². The molecule has 0 aromatic heterocycles. The van der Waals surface area contributed by atoms with E-state index in [-0.39, 0.29) is 0 Å². The minimum Gasteiger partial charge on any atom is -0.130 e. The zero-order valence-electron chi connectivity index (χ0n) is 15.3. The molecule has 5 unspecified atom stereocenters. The van der Waals surface area contributed by atoms with Gasteiger partial charge in [0, 0.05) is 10.5 Å². The van der Waals surface area contributed by atoms with Crippen LogP contribution in [0.2, 0.25) is 0 Å². The first-order valence-electron chi connectivity index (χ1n) is 9.44. The summed E-state index contributed by atoms with van der Waals surface area (Å²) >= 11 is 4.28. The van der Waals surface area contributed by atoms with Crippen molar-refractivity contribution in [3.8, 4) is 0 Å². The molecule has 2 heteroatoms. The normalized spacial score (nSPS) is 45.7. The fourth-order valence-corrected chi connectivity index (χ4v) is 9.24. The van der Waals surface area contributed by atoms with Gasteiger partial charge in [-0.2, -0.15) is 0 Å². The number of hydrogen-bond acceptors (Lipinski definition) is 2. The molecule has 0 aromatic rings. The number of allylic oxidation sites excluding steroid dienone is 2. The van der Waals surface area contributed by atoms with E-state index in [4.69, 9.17) is 0 Å². The van der Waals surface area contributed by atoms with E-state index in [1.54, 1.807) is 0 Å². The minimum atomic E-state index is 0.473. The molecule has 2 aliphatic carbocycles. The van der Waals surface area contributed by atoms with E-state index in [0.29, 0.717) is 10.8 Å². The number of thioether (sulfide) groups is 2. The third-order valence-corrected chi connectivity index (χ3v) is 10.0. The maximum Gasteiger partial charge on any atom is 0.0202 e. The van der Waals surface area contributed by atoms with Gasteiger partial charge in [-0.3, -0.25) is 0 Å². The molecule has 128 valence electrons. The predicted molar refractivity (Wildman–Crippen MR) is 106 cm³/mol. The molecule has 4 rings (SSSR count). The molecule has 2 heterocycles. The molecule has 0 N–H and O–H groups in total. The molecular weight excluding hydrogens is 316 g/mol. The molecular formula is C21H32S2. The zero-order valence-corrected chi connectivity index (χ0v) is 16.9. The topological polar surface area (TPSA) is 0 Å². The molecule has 0 amide bonds. The molecule has 23 heavy (non-hydrogen) atoms. The van der Waals surface area contributed by atoms with Crippen molar-refractivity contribution in [3.63, 3.8) is 0 Å². The molecule has 4 aliphatic rings. The molecule has 2 saturated carbocycles. The Hall–Kier alpha value is 0.180. The summed E-state index contributed by atoms with van der Waals surface area (Å²) < 4.78 is 0. The van der Waals surface area contributed by atoms with E-state index < -0.39 is 0 Å². The summed E-state index contributed by atoms with van der Waals surface area (Å²) in [6.07, 6.45) is 9.40. The van der Waals surface area contributed by atoms with E-state index in [1.165, 1.54) is 19.3 Å². The summed E-state index contributed by atoms with van der Waals surface area (Å²) in [6, 6.07) is 0. The largest absolute Gasteiger partial charge is 0.130 e. The minimum absolute atomic E-state index is 0.473. The molecule has 0 bridgehead atoms. The highest BCUT2D eigenvalue weighted by Gasteiger charge is 2.58. The van der Waals surface area contributed by atoms with E-state index in [1.807, 2.05) is 0 Å². The average molecular weight is 349 g/mol. The van der Waals surface area contributed by atoms with E-state index in [2.05, 4.69) is 81.1 Å². The van der Waals surface area contributed by atoms with Crippen LogP contribution in [0.1, 0.15) is 53.9 Å². The lowest BCUT2D eigenvalue weighted by atomic mass is 9.66. The predicted octanol–water partition coefficient (Wildman–Crippen LogP) is 6.60. The summed E-state index contributed by atoms with van der Waals surface area (Å²) in [4.78, 5) is 0. The summed E-state index contributed by atoms with van der Waals surface area (Å²) in [7, 11) is 0. The lowest BCUT2D eigenvalue weighted by Gasteiger charge is -2.43. The van der Waals surface area contributed by atoms with Gasteiger partial charge in [0.05, 0.1) is 0 Å². The van der Waals surface area contributed by atoms with Crippen LogP contribution in [0.15, 0.2) is 23.0 Å². The zero-order chi connectivity index (χ0) is 16.4. The van der Waals surface area contributed by atoms with Crippen molar-refractivity contribution in [2.75, 3.05) is 0 Å². The van der Waals surface area contributed by atoms with Crippen molar-refractivity contribution in [2.45, 2.75) is 64.4 Å². The smallest absolute Gasteiger partial charge is 0.0202 e. The fraction of sp³-hybridized carbons (Fsp3) is 0.810. The van der Waals surface area contributed by atoms with Crippen LogP contribution in [0.4, 0.5) is 0 Å². The van der Waals surface area contributed by atoms with Gasteiger partial charge in [-0.25, -0.2) is 0 Å². The SMILES string of the molecule is CC(C)(C1CC[C@@H](C(C)(C)C)C1)C1C2SC=CC2[C@@H]2C=CSC12. The first-order chi connectivity index (χ1) is 10.8. The molecule has 7 atom stereocenters. The Labute approximate surface area is 151 Å². The van der Waals surface area contributed by atoms with Crippen LogP contribution >= 0.6 is 23.5 Å². The molecule has 2 fully saturated rings. The van der Waals surface area contributed by atoms with Crippen LogP contribution in [0.25, 0.3) is 0 Å². The maximum absolute atomic E-state index is 2.62. The Balaban J connectivity index is 1.57. The second kappa shape index (κ2) is 5.59. The van der Waals surface area contributed by atoms with Gasteiger partial charge in [0.15, 0.2) is 0 Å². The second-order valence-electron chi connectivity index (χ2n) is 9.93. The Morgan fingerprint density at radius 3 is 1.78 bits per heavy atom. The second-order valence-corrected chi connectivity index (χ2v) is 12.1. The molecule has 0 saturated heterocycles. The van der Waals surface area contributed by atoms with Crippen molar-refractivity contribution >= 4 is 23.5 Å². The molecule has 0 nitrogen and oxygen atoms in total. The van der Waals surface area contributed by atoms with Crippen LogP contribution in [-0.2, 0) is 0 Å². The van der Waals surface area contributed by atoms with E-state index >= 15 is 0 Å². The van der Waals surface area contributed by atoms with Gasteiger partial charge in [0.25, 0.3) is 0 Å². The first kappa shape index (κ1) is 16.6. The highest BCUT2D eigenvalue weighted by molar-refractivity contribution is 8.04. The maximum atomic E-state index is 2.62. The van der Waals surface area contributed by atoms with Crippen LogP contribution in [0, 0.1) is 40.4 Å². The van der Waals surface area contributed by atoms with Gasteiger partial charge in [0.1, 0.15) is 0 Å². The monoisotopic (exact) mass is 348 g/mol. The van der Waals surface area contributed by atoms with Crippen LogP contribution in [0.5, 0.6) is 0 Å². The van der Waals surface area contributed by atoms with E-state index in [9.17, 15) is 0 Å². The number of hydrogen-bond donors (Lipinski definition) is 0. The van der Waals surface area contributed by atoms with Crippen LogP contribution < -0.4 is 0 Å². The van der Waals surface area contributed by atoms with Gasteiger partial charge in [0.2, 0.25) is 0 Å². The van der Waals surface area contributed by atoms with Gasteiger partial charge in [-0.1, -0.05) is 46.8 Å². The molecule has 0 radical (unpaired) electrons. The van der Waals surface area contributed by atoms with Crippen molar-refractivity contribution < 1.29 is 0 Å². The Kier molecular flexibility index (Phi) is 4.05. The Bertz CT molecular complexity index is 498. The summed E-state index contributed by atoms with van der Waals surface area (Å²) in [5.41, 5.74) is 0.958. The molecule has 0 spiro atoms. The Morgan fingerprint density at radius 2 is 1.30 bits per heavy atom. The average Bonchev–Trinajstić information content (AvgIpc) is 3.19. The lowest BCUT2D eigenvalue weighted by molar-refractivity contribution is 0.113. The number of fused-ring (bicyclic) bond motifs is 3. The van der Waals surface area contributed by atoms with Crippen molar-refractivity contribution in [3.05, 3.63) is 23.0 Å². The number of rotatable bonds is 2. The highest BCUT2D eigenvalue weighted by atomic mass is 32.2. The van der Waals surface area contributed by atoms with Crippen molar-refractivity contribution in [1.82, 2.24) is 0 Å². The first-order valence-corrected chi connectivity index (χ1v) is 11.3. The van der Waals surface area contributed by atoms with Crippen LogP contribution in [-0.4, -0.2) is 10.5 Å². The quantitative estimate of drug-likeness (QED) is 0.551. The van der Waals surface area contributed by atoms with Gasteiger partial charge < -0.3 is 0 Å². The van der Waals surface area contributed by atoms with E-state index in [0.717, 1.165) is 40.1 Å².